The minimum Gasteiger partial charge on any atom is -0.493 e. The van der Waals surface area contributed by atoms with Crippen molar-refractivity contribution in [2.75, 3.05) is 6.61 Å². The van der Waals surface area contributed by atoms with Crippen LogP contribution in [-0.4, -0.2) is 11.6 Å². The topological polar surface area (TPSA) is 22.1 Å². The second-order valence-corrected chi connectivity index (χ2v) is 6.63. The third kappa shape index (κ3) is 4.00. The maximum absolute atomic E-state index is 5.78. The van der Waals surface area contributed by atoms with Gasteiger partial charge in [0, 0.05) is 17.1 Å². The molecule has 2 rings (SSSR count). The fourth-order valence-electron chi connectivity index (χ4n) is 2.05. The Kier molecular flexibility index (Phi) is 5.49. The fourth-order valence-corrected chi connectivity index (χ4v) is 3.47. The lowest BCUT2D eigenvalue weighted by molar-refractivity contribution is 0.321. The Morgan fingerprint density at radius 1 is 1.35 bits per heavy atom. The predicted molar refractivity (Wildman–Crippen MR) is 89.3 cm³/mol. The molecule has 0 saturated heterocycles. The highest BCUT2D eigenvalue weighted by molar-refractivity contribution is 7.79. The van der Waals surface area contributed by atoms with E-state index in [0.29, 0.717) is 12.5 Å². The molecule has 1 aromatic heterocycles. The third-order valence-corrected chi connectivity index (χ3v) is 4.70. The van der Waals surface area contributed by atoms with Crippen molar-refractivity contribution in [3.8, 4) is 5.75 Å². The van der Waals surface area contributed by atoms with E-state index in [1.807, 2.05) is 12.1 Å². The summed E-state index contributed by atoms with van der Waals surface area (Å²) in [5.74, 6) is 2.16. The van der Waals surface area contributed by atoms with E-state index in [1.165, 1.54) is 16.1 Å². The maximum Gasteiger partial charge on any atom is 0.119 e. The summed E-state index contributed by atoms with van der Waals surface area (Å²) < 4.78 is 5.78. The van der Waals surface area contributed by atoms with Crippen LogP contribution in [0.15, 0.2) is 24.3 Å². The van der Waals surface area contributed by atoms with Crippen LogP contribution in [0.5, 0.6) is 5.75 Å². The number of hydrogen-bond donors (Lipinski definition) is 1. The van der Waals surface area contributed by atoms with E-state index in [-0.39, 0.29) is 0 Å². The standard InChI is InChI=1S/C16H21NOS2/c1-11(2)16-14(10-19)20-15(17-16)7-8-18-13-6-4-5-12(3)9-13/h4-6,9,11,19H,7-8,10H2,1-3H3. The highest BCUT2D eigenvalue weighted by Gasteiger charge is 2.12. The molecule has 2 aromatic rings. The van der Waals surface area contributed by atoms with Crippen LogP contribution in [-0.2, 0) is 12.2 Å². The van der Waals surface area contributed by atoms with Gasteiger partial charge in [0.15, 0.2) is 0 Å². The molecule has 0 unspecified atom stereocenters. The average Bonchev–Trinajstić information content (AvgIpc) is 2.82. The van der Waals surface area contributed by atoms with Crippen LogP contribution in [0.25, 0.3) is 0 Å². The van der Waals surface area contributed by atoms with Gasteiger partial charge in [0.05, 0.1) is 17.3 Å². The van der Waals surface area contributed by atoms with Crippen LogP contribution in [0.1, 0.15) is 40.9 Å². The van der Waals surface area contributed by atoms with Crippen LogP contribution < -0.4 is 4.74 Å². The summed E-state index contributed by atoms with van der Waals surface area (Å²) in [5.41, 5.74) is 2.41. The maximum atomic E-state index is 5.78. The van der Waals surface area contributed by atoms with Gasteiger partial charge in [-0.05, 0) is 30.5 Å². The molecule has 0 saturated carbocycles. The Labute approximate surface area is 130 Å². The number of hydrogen-bond acceptors (Lipinski definition) is 4. The summed E-state index contributed by atoms with van der Waals surface area (Å²) in [6.07, 6.45) is 0.853. The number of benzene rings is 1. The van der Waals surface area contributed by atoms with Crippen molar-refractivity contribution in [3.63, 3.8) is 0 Å². The first-order valence-corrected chi connectivity index (χ1v) is 8.34. The number of aryl methyl sites for hydroxylation is 1. The zero-order chi connectivity index (χ0) is 14.5. The first-order valence-electron chi connectivity index (χ1n) is 6.89. The Bertz CT molecular complexity index is 563. The van der Waals surface area contributed by atoms with Gasteiger partial charge in [-0.2, -0.15) is 12.6 Å². The molecule has 2 nitrogen and oxygen atoms in total. The molecule has 0 aliphatic heterocycles. The molecule has 1 aromatic carbocycles. The zero-order valence-corrected chi connectivity index (χ0v) is 13.9. The van der Waals surface area contributed by atoms with Crippen molar-refractivity contribution in [1.82, 2.24) is 4.98 Å². The molecule has 4 heteroatoms. The summed E-state index contributed by atoms with van der Waals surface area (Å²) in [7, 11) is 0. The second-order valence-electron chi connectivity index (χ2n) is 5.14. The molecule has 0 bridgehead atoms. The van der Waals surface area contributed by atoms with Crippen LogP contribution in [0.2, 0.25) is 0 Å². The van der Waals surface area contributed by atoms with Crippen molar-refractivity contribution in [2.24, 2.45) is 0 Å². The molecule has 0 spiro atoms. The first-order chi connectivity index (χ1) is 9.60. The molecule has 0 amide bonds. The van der Waals surface area contributed by atoms with E-state index in [0.717, 1.165) is 22.9 Å². The van der Waals surface area contributed by atoms with E-state index in [1.54, 1.807) is 11.3 Å². The number of rotatable bonds is 6. The van der Waals surface area contributed by atoms with E-state index >= 15 is 0 Å². The van der Waals surface area contributed by atoms with E-state index in [2.05, 4.69) is 45.5 Å². The molecular weight excluding hydrogens is 286 g/mol. The summed E-state index contributed by atoms with van der Waals surface area (Å²) in [6, 6.07) is 8.14. The van der Waals surface area contributed by atoms with E-state index < -0.39 is 0 Å². The predicted octanol–water partition coefficient (Wildman–Crippen LogP) is 4.63. The highest BCUT2D eigenvalue weighted by Crippen LogP contribution is 2.27. The SMILES string of the molecule is Cc1cccc(OCCc2nc(C(C)C)c(CS)s2)c1. The summed E-state index contributed by atoms with van der Waals surface area (Å²) in [4.78, 5) is 6.00. The van der Waals surface area contributed by atoms with Gasteiger partial charge in [-0.25, -0.2) is 4.98 Å². The van der Waals surface area contributed by atoms with Crippen LogP contribution in [0.3, 0.4) is 0 Å². The van der Waals surface area contributed by atoms with Crippen LogP contribution >= 0.6 is 24.0 Å². The normalized spacial score (nSPS) is 11.1. The smallest absolute Gasteiger partial charge is 0.119 e. The number of thiazole rings is 1. The largest absolute Gasteiger partial charge is 0.493 e. The fraction of sp³-hybridized carbons (Fsp3) is 0.438. The Balaban J connectivity index is 1.94. The lowest BCUT2D eigenvalue weighted by Gasteiger charge is -2.05. The molecule has 108 valence electrons. The van der Waals surface area contributed by atoms with E-state index in [9.17, 15) is 0 Å². The quantitative estimate of drug-likeness (QED) is 0.786. The molecule has 0 fully saturated rings. The molecule has 1 heterocycles. The zero-order valence-electron chi connectivity index (χ0n) is 12.2. The summed E-state index contributed by atoms with van der Waals surface area (Å²) >= 11 is 6.15. The highest BCUT2D eigenvalue weighted by atomic mass is 32.1. The molecule has 0 aliphatic rings. The van der Waals surface area contributed by atoms with E-state index in [4.69, 9.17) is 9.72 Å². The van der Waals surface area contributed by atoms with Gasteiger partial charge >= 0.3 is 0 Å². The molecule has 0 N–H and O–H groups in total. The van der Waals surface area contributed by atoms with Crippen molar-refractivity contribution in [2.45, 2.75) is 38.9 Å². The molecule has 0 aliphatic carbocycles. The Morgan fingerprint density at radius 2 is 2.15 bits per heavy atom. The van der Waals surface area contributed by atoms with Crippen molar-refractivity contribution >= 4 is 24.0 Å². The van der Waals surface area contributed by atoms with Gasteiger partial charge in [0.2, 0.25) is 0 Å². The van der Waals surface area contributed by atoms with Gasteiger partial charge in [-0.1, -0.05) is 26.0 Å². The summed E-state index contributed by atoms with van der Waals surface area (Å²) in [5, 5.41) is 1.14. The average molecular weight is 307 g/mol. The number of ether oxygens (including phenoxy) is 1. The summed E-state index contributed by atoms with van der Waals surface area (Å²) in [6.45, 7) is 7.09. The number of aromatic nitrogens is 1. The van der Waals surface area contributed by atoms with Crippen LogP contribution in [0, 0.1) is 6.92 Å². The van der Waals surface area contributed by atoms with Crippen molar-refractivity contribution in [3.05, 3.63) is 45.4 Å². The molecule has 0 radical (unpaired) electrons. The van der Waals surface area contributed by atoms with Gasteiger partial charge in [-0.3, -0.25) is 0 Å². The first kappa shape index (κ1) is 15.4. The monoisotopic (exact) mass is 307 g/mol. The van der Waals surface area contributed by atoms with Crippen LogP contribution in [0.4, 0.5) is 0 Å². The van der Waals surface area contributed by atoms with Gasteiger partial charge < -0.3 is 4.74 Å². The van der Waals surface area contributed by atoms with Crippen molar-refractivity contribution < 1.29 is 4.74 Å². The van der Waals surface area contributed by atoms with Gasteiger partial charge in [0.25, 0.3) is 0 Å². The van der Waals surface area contributed by atoms with Gasteiger partial charge in [0.1, 0.15) is 5.75 Å². The number of nitrogens with zero attached hydrogens (tertiary/aromatic N) is 1. The minimum atomic E-state index is 0.458. The molecule has 20 heavy (non-hydrogen) atoms. The Morgan fingerprint density at radius 3 is 2.75 bits per heavy atom. The van der Waals surface area contributed by atoms with Gasteiger partial charge in [-0.15, -0.1) is 11.3 Å². The third-order valence-electron chi connectivity index (χ3n) is 3.04. The van der Waals surface area contributed by atoms with Crippen molar-refractivity contribution in [1.29, 1.82) is 0 Å². The molecule has 0 atom stereocenters. The molecular formula is C16H21NOS2. The minimum absolute atomic E-state index is 0.458. The Hall–Kier alpha value is -1.000. The number of thiol groups is 1. The second kappa shape index (κ2) is 7.14. The lowest BCUT2D eigenvalue weighted by Crippen LogP contribution is -2.01. The lowest BCUT2D eigenvalue weighted by atomic mass is 10.1.